The molecule has 6 heteroatoms. The summed E-state index contributed by atoms with van der Waals surface area (Å²) in [6.07, 6.45) is 2.14. The van der Waals surface area contributed by atoms with E-state index in [4.69, 9.17) is 9.05 Å². The molecular formula is C10H19O5P. The predicted octanol–water partition coefficient (Wildman–Crippen LogP) is 1.59. The number of aliphatic hydroxyl groups excluding tert-OH is 1. The summed E-state index contributed by atoms with van der Waals surface area (Å²) < 4.78 is 21.2. The predicted molar refractivity (Wildman–Crippen MR) is 59.5 cm³/mol. The molecule has 1 saturated carbocycles. The molecule has 0 spiro atoms. The molecule has 0 bridgehead atoms. The molecule has 0 radical (unpaired) electrons. The Morgan fingerprint density at radius 3 is 2.19 bits per heavy atom. The molecule has 1 aliphatic rings. The fraction of sp³-hybridized carbons (Fsp3) is 0.900. The smallest absolute Gasteiger partial charge is 0.337 e. The lowest BCUT2D eigenvalue weighted by atomic mass is 9.85. The standard InChI is InChI=1S/C10H19O5P/c1-14-16(13,15-2)7-10(12)8-3-5-9(11)6-4-8/h8-9,11H,3-7H2,1-2H3. The van der Waals surface area contributed by atoms with Gasteiger partial charge in [0.05, 0.1) is 6.10 Å². The van der Waals surface area contributed by atoms with Crippen LogP contribution in [-0.2, 0) is 18.4 Å². The van der Waals surface area contributed by atoms with Crippen LogP contribution in [0.2, 0.25) is 0 Å². The molecule has 0 aromatic carbocycles. The highest BCUT2D eigenvalue weighted by Crippen LogP contribution is 2.47. The molecule has 0 aromatic heterocycles. The lowest BCUT2D eigenvalue weighted by molar-refractivity contribution is -0.122. The summed E-state index contributed by atoms with van der Waals surface area (Å²) in [4.78, 5) is 11.8. The van der Waals surface area contributed by atoms with Crippen LogP contribution in [0.1, 0.15) is 25.7 Å². The van der Waals surface area contributed by atoms with Crippen LogP contribution in [0.15, 0.2) is 0 Å². The van der Waals surface area contributed by atoms with E-state index in [1.165, 1.54) is 14.2 Å². The minimum Gasteiger partial charge on any atom is -0.393 e. The third-order valence-corrected chi connectivity index (χ3v) is 4.87. The van der Waals surface area contributed by atoms with Crippen LogP contribution in [-0.4, -0.2) is 37.4 Å². The molecule has 0 amide bonds. The van der Waals surface area contributed by atoms with Crippen molar-refractivity contribution in [3.63, 3.8) is 0 Å². The van der Waals surface area contributed by atoms with Gasteiger partial charge < -0.3 is 14.2 Å². The molecule has 0 saturated heterocycles. The van der Waals surface area contributed by atoms with Crippen LogP contribution >= 0.6 is 7.60 Å². The molecule has 1 fully saturated rings. The Labute approximate surface area is 95.7 Å². The molecular weight excluding hydrogens is 231 g/mol. The largest absolute Gasteiger partial charge is 0.393 e. The number of ketones is 1. The zero-order valence-corrected chi connectivity index (χ0v) is 10.6. The second kappa shape index (κ2) is 5.92. The number of hydrogen-bond donors (Lipinski definition) is 1. The lowest BCUT2D eigenvalue weighted by Crippen LogP contribution is -2.26. The third-order valence-electron chi connectivity index (χ3n) is 3.06. The van der Waals surface area contributed by atoms with Crippen LogP contribution in [0.4, 0.5) is 0 Å². The zero-order valence-electron chi connectivity index (χ0n) is 9.72. The van der Waals surface area contributed by atoms with Crippen molar-refractivity contribution >= 4 is 13.4 Å². The Bertz CT molecular complexity index is 275. The first-order valence-electron chi connectivity index (χ1n) is 5.42. The average Bonchev–Trinajstić information content (AvgIpc) is 2.29. The van der Waals surface area contributed by atoms with Gasteiger partial charge in [-0.05, 0) is 25.7 Å². The summed E-state index contributed by atoms with van der Waals surface area (Å²) in [7, 11) is -0.671. The van der Waals surface area contributed by atoms with Gasteiger partial charge in [-0.25, -0.2) is 0 Å². The highest BCUT2D eigenvalue weighted by Gasteiger charge is 2.32. The number of rotatable bonds is 5. The van der Waals surface area contributed by atoms with E-state index in [9.17, 15) is 14.5 Å². The number of carbonyl (C=O) groups excluding carboxylic acids is 1. The Morgan fingerprint density at radius 1 is 1.25 bits per heavy atom. The van der Waals surface area contributed by atoms with Crippen molar-refractivity contribution in [1.29, 1.82) is 0 Å². The van der Waals surface area contributed by atoms with Crippen molar-refractivity contribution in [2.45, 2.75) is 31.8 Å². The van der Waals surface area contributed by atoms with Gasteiger partial charge >= 0.3 is 7.60 Å². The van der Waals surface area contributed by atoms with Crippen LogP contribution in [0, 0.1) is 5.92 Å². The van der Waals surface area contributed by atoms with Crippen molar-refractivity contribution in [2.24, 2.45) is 5.92 Å². The SMILES string of the molecule is COP(=O)(CC(=O)C1CCC(O)CC1)OC. The Balaban J connectivity index is 2.49. The fourth-order valence-corrected chi connectivity index (χ4v) is 2.97. The molecule has 0 aliphatic heterocycles. The Morgan fingerprint density at radius 2 is 1.75 bits per heavy atom. The first kappa shape index (κ1) is 13.8. The van der Waals surface area contributed by atoms with Gasteiger partial charge in [0, 0.05) is 20.1 Å². The van der Waals surface area contributed by atoms with Crippen molar-refractivity contribution in [1.82, 2.24) is 0 Å². The number of hydrogen-bond acceptors (Lipinski definition) is 5. The van der Waals surface area contributed by atoms with Crippen LogP contribution in [0.25, 0.3) is 0 Å². The molecule has 16 heavy (non-hydrogen) atoms. The van der Waals surface area contributed by atoms with E-state index in [2.05, 4.69) is 0 Å². The molecule has 0 heterocycles. The van der Waals surface area contributed by atoms with E-state index >= 15 is 0 Å². The maximum atomic E-state index is 11.8. The van der Waals surface area contributed by atoms with E-state index < -0.39 is 7.60 Å². The summed E-state index contributed by atoms with van der Waals surface area (Å²) >= 11 is 0. The Hall–Kier alpha value is -0.220. The van der Waals surface area contributed by atoms with E-state index in [-0.39, 0.29) is 24.0 Å². The molecule has 5 nitrogen and oxygen atoms in total. The van der Waals surface area contributed by atoms with Crippen molar-refractivity contribution in [3.8, 4) is 0 Å². The quantitative estimate of drug-likeness (QED) is 0.750. The second-order valence-electron chi connectivity index (χ2n) is 4.11. The first-order valence-corrected chi connectivity index (χ1v) is 7.15. The summed E-state index contributed by atoms with van der Waals surface area (Å²) in [6, 6.07) is 0. The fourth-order valence-electron chi connectivity index (χ4n) is 1.92. The van der Waals surface area contributed by atoms with Gasteiger partial charge in [-0.2, -0.15) is 0 Å². The minimum absolute atomic E-state index is 0.0843. The summed E-state index contributed by atoms with van der Waals surface area (Å²) in [6.45, 7) is 0. The van der Waals surface area contributed by atoms with Gasteiger partial charge in [-0.1, -0.05) is 0 Å². The van der Waals surface area contributed by atoms with E-state index in [1.54, 1.807) is 0 Å². The zero-order chi connectivity index (χ0) is 12.2. The number of aliphatic hydroxyl groups is 1. The first-order chi connectivity index (χ1) is 7.50. The highest BCUT2D eigenvalue weighted by molar-refractivity contribution is 7.54. The van der Waals surface area contributed by atoms with Crippen molar-refractivity contribution in [2.75, 3.05) is 20.4 Å². The van der Waals surface area contributed by atoms with E-state index in [0.717, 1.165) is 0 Å². The molecule has 1 rings (SSSR count). The average molecular weight is 250 g/mol. The van der Waals surface area contributed by atoms with Crippen LogP contribution < -0.4 is 0 Å². The van der Waals surface area contributed by atoms with Gasteiger partial charge in [-0.15, -0.1) is 0 Å². The minimum atomic E-state index is -3.23. The maximum absolute atomic E-state index is 11.8. The highest BCUT2D eigenvalue weighted by atomic mass is 31.2. The summed E-state index contributed by atoms with van der Waals surface area (Å²) in [5.41, 5.74) is 0. The van der Waals surface area contributed by atoms with E-state index in [1.807, 2.05) is 0 Å². The van der Waals surface area contributed by atoms with Crippen molar-refractivity contribution in [3.05, 3.63) is 0 Å². The molecule has 1 aliphatic carbocycles. The third kappa shape index (κ3) is 3.67. The van der Waals surface area contributed by atoms with Gasteiger partial charge in [0.1, 0.15) is 11.9 Å². The summed E-state index contributed by atoms with van der Waals surface area (Å²) in [5.74, 6) is -0.194. The molecule has 0 unspecified atom stereocenters. The van der Waals surface area contributed by atoms with Gasteiger partial charge in [0.2, 0.25) is 0 Å². The Kier molecular flexibility index (Phi) is 5.12. The second-order valence-corrected chi connectivity index (χ2v) is 6.37. The molecule has 1 N–H and O–H groups in total. The molecule has 94 valence electrons. The monoisotopic (exact) mass is 250 g/mol. The van der Waals surface area contributed by atoms with Crippen molar-refractivity contribution < 1.29 is 23.5 Å². The lowest BCUT2D eigenvalue weighted by Gasteiger charge is -2.25. The van der Waals surface area contributed by atoms with Gasteiger partial charge in [0.25, 0.3) is 0 Å². The van der Waals surface area contributed by atoms with Crippen LogP contribution in [0.5, 0.6) is 0 Å². The molecule has 0 atom stereocenters. The summed E-state index contributed by atoms with van der Waals surface area (Å²) in [5, 5.41) is 9.32. The van der Waals surface area contributed by atoms with Gasteiger partial charge in [0.15, 0.2) is 0 Å². The number of carbonyl (C=O) groups is 1. The maximum Gasteiger partial charge on any atom is 0.337 e. The van der Waals surface area contributed by atoms with E-state index in [0.29, 0.717) is 25.7 Å². The number of Topliss-reactive ketones (excluding diaryl/α,β-unsaturated/α-hetero) is 1. The topological polar surface area (TPSA) is 72.8 Å². The normalized spacial score (nSPS) is 26.7. The van der Waals surface area contributed by atoms with Gasteiger partial charge in [-0.3, -0.25) is 9.36 Å². The molecule has 0 aromatic rings. The van der Waals surface area contributed by atoms with Crippen LogP contribution in [0.3, 0.4) is 0 Å².